The maximum absolute atomic E-state index is 13.1. The maximum atomic E-state index is 13.1. The average Bonchev–Trinajstić information content (AvgIpc) is 3.35. The van der Waals surface area contributed by atoms with Gasteiger partial charge >= 0.3 is 0 Å². The fraction of sp³-hybridized carbons (Fsp3) is 0.708. The Morgan fingerprint density at radius 2 is 1.65 bits per heavy atom. The second kappa shape index (κ2) is 9.15. The van der Waals surface area contributed by atoms with Gasteiger partial charge in [-0.25, -0.2) is 9.67 Å². The van der Waals surface area contributed by atoms with E-state index in [1.165, 1.54) is 51.4 Å². The highest BCUT2D eigenvalue weighted by molar-refractivity contribution is 6.04. The zero-order valence-corrected chi connectivity index (χ0v) is 18.9. The van der Waals surface area contributed by atoms with E-state index >= 15 is 0 Å². The highest BCUT2D eigenvalue weighted by Gasteiger charge is 2.28. The van der Waals surface area contributed by atoms with E-state index < -0.39 is 0 Å². The molecule has 7 heteroatoms. The summed E-state index contributed by atoms with van der Waals surface area (Å²) in [6.07, 6.45) is 12.6. The van der Waals surface area contributed by atoms with Gasteiger partial charge in [-0.2, -0.15) is 5.10 Å². The Kier molecular flexibility index (Phi) is 6.12. The summed E-state index contributed by atoms with van der Waals surface area (Å²) in [4.78, 5) is 23.0. The lowest BCUT2D eigenvalue weighted by atomic mass is 10.0. The number of aryl methyl sites for hydroxylation is 1. The van der Waals surface area contributed by atoms with Gasteiger partial charge in [-0.05, 0) is 50.7 Å². The number of fused-ring (bicyclic) bond motifs is 1. The van der Waals surface area contributed by atoms with E-state index in [0.29, 0.717) is 5.69 Å². The summed E-state index contributed by atoms with van der Waals surface area (Å²) in [5.74, 6) is 0.942. The first kappa shape index (κ1) is 20.7. The van der Waals surface area contributed by atoms with Gasteiger partial charge < -0.3 is 15.1 Å². The van der Waals surface area contributed by atoms with Gasteiger partial charge in [0.05, 0.1) is 5.39 Å². The number of pyridine rings is 1. The van der Waals surface area contributed by atoms with Crippen LogP contribution in [0.5, 0.6) is 0 Å². The van der Waals surface area contributed by atoms with Crippen LogP contribution in [0.1, 0.15) is 74.7 Å². The van der Waals surface area contributed by atoms with Crippen molar-refractivity contribution < 1.29 is 4.79 Å². The number of aromatic nitrogens is 3. The molecule has 168 valence electrons. The van der Waals surface area contributed by atoms with Crippen molar-refractivity contribution in [3.63, 3.8) is 0 Å². The monoisotopic (exact) mass is 424 g/mol. The van der Waals surface area contributed by atoms with Crippen molar-refractivity contribution in [1.29, 1.82) is 0 Å². The number of likely N-dealkylation sites (tertiary alicyclic amines) is 1. The fourth-order valence-electron chi connectivity index (χ4n) is 5.70. The predicted molar refractivity (Wildman–Crippen MR) is 124 cm³/mol. The topological polar surface area (TPSA) is 66.3 Å². The largest absolute Gasteiger partial charge is 0.357 e. The molecule has 2 aromatic heterocycles. The van der Waals surface area contributed by atoms with Crippen molar-refractivity contribution in [3.05, 3.63) is 17.8 Å². The molecule has 0 spiro atoms. The Bertz CT molecular complexity index is 902. The van der Waals surface area contributed by atoms with Crippen LogP contribution in [-0.4, -0.2) is 63.8 Å². The summed E-state index contributed by atoms with van der Waals surface area (Å²) >= 11 is 0. The molecule has 31 heavy (non-hydrogen) atoms. The molecule has 2 aliphatic heterocycles. The van der Waals surface area contributed by atoms with Crippen LogP contribution < -0.4 is 10.2 Å². The summed E-state index contributed by atoms with van der Waals surface area (Å²) in [5, 5.41) is 8.66. The third kappa shape index (κ3) is 4.43. The fourth-order valence-corrected chi connectivity index (χ4v) is 5.70. The third-order valence-electron chi connectivity index (χ3n) is 7.52. The van der Waals surface area contributed by atoms with Crippen molar-refractivity contribution in [3.8, 4) is 0 Å². The summed E-state index contributed by atoms with van der Waals surface area (Å²) in [6, 6.07) is 5.12. The molecule has 0 atom stereocenters. The Labute approximate surface area is 185 Å². The quantitative estimate of drug-likeness (QED) is 0.814. The first-order chi connectivity index (χ1) is 15.2. The van der Waals surface area contributed by atoms with Crippen LogP contribution in [0.3, 0.4) is 0 Å². The molecule has 0 bridgehead atoms. The molecule has 0 aromatic carbocycles. The van der Waals surface area contributed by atoms with E-state index in [1.54, 1.807) is 4.68 Å². The van der Waals surface area contributed by atoms with Crippen LogP contribution in [0, 0.1) is 0 Å². The van der Waals surface area contributed by atoms with Gasteiger partial charge in [-0.15, -0.1) is 0 Å². The molecular weight excluding hydrogens is 388 g/mol. The Balaban J connectivity index is 1.26. The predicted octanol–water partition coefficient (Wildman–Crippen LogP) is 3.49. The zero-order valence-electron chi connectivity index (χ0n) is 18.9. The van der Waals surface area contributed by atoms with Crippen LogP contribution in [0.25, 0.3) is 11.0 Å². The van der Waals surface area contributed by atoms with E-state index in [0.717, 1.165) is 61.9 Å². The molecule has 2 saturated heterocycles. The summed E-state index contributed by atoms with van der Waals surface area (Å²) in [6.45, 7) is 4.31. The molecule has 1 amide bonds. The lowest BCUT2D eigenvalue weighted by molar-refractivity contribution is 0.0888. The number of nitrogens with one attached hydrogen (secondary N) is 1. The molecule has 4 heterocycles. The first-order valence-electron chi connectivity index (χ1n) is 12.3. The first-order valence-corrected chi connectivity index (χ1v) is 12.3. The highest BCUT2D eigenvalue weighted by atomic mass is 16.2. The molecule has 0 unspecified atom stereocenters. The van der Waals surface area contributed by atoms with Crippen molar-refractivity contribution in [1.82, 2.24) is 25.0 Å². The maximum Gasteiger partial charge on any atom is 0.272 e. The van der Waals surface area contributed by atoms with Gasteiger partial charge in [-0.3, -0.25) is 4.79 Å². The van der Waals surface area contributed by atoms with E-state index in [2.05, 4.69) is 26.3 Å². The molecule has 5 rings (SSSR count). The van der Waals surface area contributed by atoms with Crippen LogP contribution >= 0.6 is 0 Å². The van der Waals surface area contributed by atoms with Gasteiger partial charge in [0.15, 0.2) is 11.3 Å². The number of anilines is 1. The van der Waals surface area contributed by atoms with Crippen LogP contribution in [0.2, 0.25) is 0 Å². The second-order valence-electron chi connectivity index (χ2n) is 9.64. The number of piperidine rings is 1. The van der Waals surface area contributed by atoms with Crippen molar-refractivity contribution in [2.24, 2.45) is 7.05 Å². The van der Waals surface area contributed by atoms with Crippen LogP contribution in [0.4, 0.5) is 5.82 Å². The van der Waals surface area contributed by atoms with E-state index in [1.807, 2.05) is 13.1 Å². The van der Waals surface area contributed by atoms with Gasteiger partial charge in [0.1, 0.15) is 5.82 Å². The third-order valence-corrected chi connectivity index (χ3v) is 7.52. The molecule has 0 radical (unpaired) electrons. The number of carbonyl (C=O) groups is 1. The second-order valence-corrected chi connectivity index (χ2v) is 9.64. The molecule has 3 aliphatic rings. The minimum absolute atomic E-state index is 0.0609. The van der Waals surface area contributed by atoms with Gasteiger partial charge in [-0.1, -0.05) is 25.7 Å². The smallest absolute Gasteiger partial charge is 0.272 e. The molecule has 7 nitrogen and oxygen atoms in total. The van der Waals surface area contributed by atoms with Gasteiger partial charge in [0.2, 0.25) is 0 Å². The summed E-state index contributed by atoms with van der Waals surface area (Å²) < 4.78 is 1.76. The minimum Gasteiger partial charge on any atom is -0.357 e. The van der Waals surface area contributed by atoms with Crippen LogP contribution in [-0.2, 0) is 7.05 Å². The lowest BCUT2D eigenvalue weighted by Gasteiger charge is -2.36. The minimum atomic E-state index is -0.0609. The zero-order chi connectivity index (χ0) is 21.2. The Morgan fingerprint density at radius 1 is 0.935 bits per heavy atom. The molecule has 1 aliphatic carbocycles. The SMILES string of the molecule is Cn1nc(C(=O)NC2CCN(C3CCCC3)CC2)c2ccc(N3CCCCCC3)nc21. The number of hydrogen-bond donors (Lipinski definition) is 1. The molecule has 3 fully saturated rings. The van der Waals surface area contributed by atoms with Gasteiger partial charge in [0, 0.05) is 45.3 Å². The Hall–Kier alpha value is -2.15. The average molecular weight is 425 g/mol. The molecule has 2 aromatic rings. The Morgan fingerprint density at radius 3 is 2.35 bits per heavy atom. The normalized spacial score (nSPS) is 22.2. The van der Waals surface area contributed by atoms with Crippen molar-refractivity contribution in [2.75, 3.05) is 31.1 Å². The number of carbonyl (C=O) groups excluding carboxylic acids is 1. The van der Waals surface area contributed by atoms with Crippen LogP contribution in [0.15, 0.2) is 12.1 Å². The number of amides is 1. The van der Waals surface area contributed by atoms with E-state index in [-0.39, 0.29) is 11.9 Å². The lowest BCUT2D eigenvalue weighted by Crippen LogP contribution is -2.47. The number of nitrogens with zero attached hydrogens (tertiary/aromatic N) is 5. The van der Waals surface area contributed by atoms with E-state index in [9.17, 15) is 4.79 Å². The molecular formula is C24H36N6O. The summed E-state index contributed by atoms with van der Waals surface area (Å²) in [7, 11) is 1.89. The van der Waals surface area contributed by atoms with Gasteiger partial charge in [0.25, 0.3) is 5.91 Å². The van der Waals surface area contributed by atoms with E-state index in [4.69, 9.17) is 4.98 Å². The highest BCUT2D eigenvalue weighted by Crippen LogP contribution is 2.27. The summed E-state index contributed by atoms with van der Waals surface area (Å²) in [5.41, 5.74) is 1.30. The number of rotatable bonds is 4. The van der Waals surface area contributed by atoms with Crippen molar-refractivity contribution >= 4 is 22.8 Å². The number of hydrogen-bond acceptors (Lipinski definition) is 5. The molecule has 1 saturated carbocycles. The molecule has 1 N–H and O–H groups in total. The van der Waals surface area contributed by atoms with Crippen molar-refractivity contribution in [2.45, 2.75) is 76.3 Å². The standard InChI is InChI=1S/C24H36N6O/c1-28-23-20(10-11-21(26-23)30-14-6-2-3-7-15-30)22(27-28)24(31)25-18-12-16-29(17-13-18)19-8-4-5-9-19/h10-11,18-19H,2-9,12-17H2,1H3,(H,25,31).